The molecular formula is C12H18N2O2. The molecule has 0 atom stereocenters. The Bertz CT molecular complexity index is 353. The molecule has 0 bridgehead atoms. The summed E-state index contributed by atoms with van der Waals surface area (Å²) in [5.74, 6) is 0.342. The van der Waals surface area contributed by atoms with Gasteiger partial charge in [-0.2, -0.15) is 0 Å². The first kappa shape index (κ1) is 12.5. The minimum Gasteiger partial charge on any atom is -0.480 e. The van der Waals surface area contributed by atoms with Crippen LogP contribution in [0.1, 0.15) is 30.1 Å². The Morgan fingerprint density at radius 3 is 2.94 bits per heavy atom. The zero-order valence-corrected chi connectivity index (χ0v) is 10.1. The van der Waals surface area contributed by atoms with Crippen LogP contribution in [0.4, 0.5) is 0 Å². The van der Waals surface area contributed by atoms with Crippen LogP contribution in [0.15, 0.2) is 18.3 Å². The van der Waals surface area contributed by atoms with Crippen molar-refractivity contribution in [2.75, 3.05) is 20.7 Å². The van der Waals surface area contributed by atoms with Crippen molar-refractivity contribution in [3.05, 3.63) is 23.9 Å². The number of nitrogens with zero attached hydrogens (tertiary/aromatic N) is 2. The molecule has 1 aromatic heterocycles. The van der Waals surface area contributed by atoms with Gasteiger partial charge in [0.05, 0.1) is 7.11 Å². The van der Waals surface area contributed by atoms with Crippen LogP contribution >= 0.6 is 0 Å². The van der Waals surface area contributed by atoms with E-state index in [1.54, 1.807) is 30.3 Å². The van der Waals surface area contributed by atoms with Gasteiger partial charge in [-0.15, -0.1) is 0 Å². The van der Waals surface area contributed by atoms with Crippen LogP contribution in [0.3, 0.4) is 0 Å². The Labute approximate surface area is 96.2 Å². The van der Waals surface area contributed by atoms with Gasteiger partial charge in [0.1, 0.15) is 5.56 Å². The molecule has 0 radical (unpaired) electrons. The summed E-state index contributed by atoms with van der Waals surface area (Å²) in [4.78, 5) is 17.7. The number of rotatable bonds is 5. The molecule has 0 N–H and O–H groups in total. The van der Waals surface area contributed by atoms with Crippen LogP contribution in [0.25, 0.3) is 0 Å². The molecule has 0 saturated heterocycles. The second kappa shape index (κ2) is 6.10. The lowest BCUT2D eigenvalue weighted by atomic mass is 10.2. The van der Waals surface area contributed by atoms with Crippen molar-refractivity contribution < 1.29 is 9.53 Å². The third-order valence-corrected chi connectivity index (χ3v) is 2.39. The fourth-order valence-electron chi connectivity index (χ4n) is 1.42. The highest BCUT2D eigenvalue weighted by molar-refractivity contribution is 5.96. The Balaban J connectivity index is 2.79. The summed E-state index contributed by atoms with van der Waals surface area (Å²) in [5, 5.41) is 0. The van der Waals surface area contributed by atoms with Crippen LogP contribution in [-0.4, -0.2) is 36.5 Å². The third-order valence-electron chi connectivity index (χ3n) is 2.39. The van der Waals surface area contributed by atoms with Gasteiger partial charge in [0, 0.05) is 19.8 Å². The van der Waals surface area contributed by atoms with E-state index in [1.807, 2.05) is 0 Å². The van der Waals surface area contributed by atoms with Crippen molar-refractivity contribution in [1.82, 2.24) is 9.88 Å². The van der Waals surface area contributed by atoms with Crippen LogP contribution in [-0.2, 0) is 0 Å². The molecule has 4 nitrogen and oxygen atoms in total. The minimum absolute atomic E-state index is 0.0431. The number of amides is 1. The summed E-state index contributed by atoms with van der Waals surface area (Å²) < 4.78 is 5.06. The molecular weight excluding hydrogens is 204 g/mol. The van der Waals surface area contributed by atoms with Crippen molar-refractivity contribution in [2.24, 2.45) is 0 Å². The van der Waals surface area contributed by atoms with Crippen LogP contribution in [0.5, 0.6) is 5.88 Å². The van der Waals surface area contributed by atoms with Crippen molar-refractivity contribution in [2.45, 2.75) is 19.8 Å². The number of pyridine rings is 1. The topological polar surface area (TPSA) is 42.4 Å². The second-order valence-electron chi connectivity index (χ2n) is 3.64. The van der Waals surface area contributed by atoms with Crippen molar-refractivity contribution in [1.29, 1.82) is 0 Å². The number of unbranched alkanes of at least 4 members (excludes halogenated alkanes) is 1. The Morgan fingerprint density at radius 2 is 2.31 bits per heavy atom. The van der Waals surface area contributed by atoms with E-state index in [-0.39, 0.29) is 5.91 Å². The predicted molar refractivity (Wildman–Crippen MR) is 62.7 cm³/mol. The van der Waals surface area contributed by atoms with Gasteiger partial charge >= 0.3 is 0 Å². The van der Waals surface area contributed by atoms with Gasteiger partial charge in [0.2, 0.25) is 5.88 Å². The molecule has 0 aliphatic rings. The smallest absolute Gasteiger partial charge is 0.259 e. The van der Waals surface area contributed by atoms with Gasteiger partial charge in [-0.25, -0.2) is 4.98 Å². The molecule has 0 aliphatic heterocycles. The molecule has 4 heteroatoms. The number of methoxy groups -OCH3 is 1. The molecule has 0 spiro atoms. The standard InChI is InChI=1S/C12H18N2O2/c1-4-5-9-14(2)12(15)10-7-6-8-13-11(10)16-3/h6-8H,4-5,9H2,1-3H3. The molecule has 1 aromatic rings. The summed E-state index contributed by atoms with van der Waals surface area (Å²) in [5.41, 5.74) is 0.517. The van der Waals surface area contributed by atoms with E-state index in [0.29, 0.717) is 11.4 Å². The SMILES string of the molecule is CCCCN(C)C(=O)c1cccnc1OC. The maximum atomic E-state index is 12.0. The zero-order chi connectivity index (χ0) is 12.0. The van der Waals surface area contributed by atoms with E-state index in [2.05, 4.69) is 11.9 Å². The van der Waals surface area contributed by atoms with Crippen LogP contribution < -0.4 is 4.74 Å². The molecule has 0 unspecified atom stereocenters. The Hall–Kier alpha value is -1.58. The largest absolute Gasteiger partial charge is 0.480 e. The van der Waals surface area contributed by atoms with Gasteiger partial charge < -0.3 is 9.64 Å². The average molecular weight is 222 g/mol. The van der Waals surface area contributed by atoms with E-state index in [9.17, 15) is 4.79 Å². The highest BCUT2D eigenvalue weighted by atomic mass is 16.5. The molecule has 1 heterocycles. The maximum absolute atomic E-state index is 12.0. The quantitative estimate of drug-likeness (QED) is 0.764. The lowest BCUT2D eigenvalue weighted by Gasteiger charge is -2.17. The predicted octanol–water partition coefficient (Wildman–Crippen LogP) is 1.96. The van der Waals surface area contributed by atoms with Gasteiger partial charge in [-0.1, -0.05) is 13.3 Å². The summed E-state index contributed by atoms with van der Waals surface area (Å²) in [6.45, 7) is 2.86. The number of carbonyl (C=O) groups is 1. The van der Waals surface area contributed by atoms with E-state index >= 15 is 0 Å². The van der Waals surface area contributed by atoms with E-state index in [4.69, 9.17) is 4.74 Å². The van der Waals surface area contributed by atoms with Crippen molar-refractivity contribution in [3.63, 3.8) is 0 Å². The zero-order valence-electron chi connectivity index (χ0n) is 10.1. The lowest BCUT2D eigenvalue weighted by Crippen LogP contribution is -2.28. The number of hydrogen-bond acceptors (Lipinski definition) is 3. The summed E-state index contributed by atoms with van der Waals surface area (Å²) in [6.07, 6.45) is 3.69. The van der Waals surface area contributed by atoms with E-state index < -0.39 is 0 Å². The molecule has 0 aliphatic carbocycles. The fraction of sp³-hybridized carbons (Fsp3) is 0.500. The molecule has 0 aromatic carbocycles. The summed E-state index contributed by atoms with van der Waals surface area (Å²) in [7, 11) is 3.32. The Morgan fingerprint density at radius 1 is 1.56 bits per heavy atom. The number of carbonyl (C=O) groups excluding carboxylic acids is 1. The van der Waals surface area contributed by atoms with Crippen LogP contribution in [0, 0.1) is 0 Å². The molecule has 1 amide bonds. The second-order valence-corrected chi connectivity index (χ2v) is 3.64. The lowest BCUT2D eigenvalue weighted by molar-refractivity contribution is 0.0789. The minimum atomic E-state index is -0.0431. The monoisotopic (exact) mass is 222 g/mol. The summed E-state index contributed by atoms with van der Waals surface area (Å²) in [6, 6.07) is 3.47. The fourth-order valence-corrected chi connectivity index (χ4v) is 1.42. The molecule has 1 rings (SSSR count). The molecule has 0 saturated carbocycles. The normalized spacial score (nSPS) is 9.94. The third kappa shape index (κ3) is 2.95. The first-order chi connectivity index (χ1) is 7.70. The number of aromatic nitrogens is 1. The number of hydrogen-bond donors (Lipinski definition) is 0. The first-order valence-corrected chi connectivity index (χ1v) is 5.45. The van der Waals surface area contributed by atoms with Gasteiger partial charge in [-0.05, 0) is 18.6 Å². The molecule has 16 heavy (non-hydrogen) atoms. The highest BCUT2D eigenvalue weighted by Crippen LogP contribution is 2.15. The van der Waals surface area contributed by atoms with Gasteiger partial charge in [0.25, 0.3) is 5.91 Å². The van der Waals surface area contributed by atoms with Gasteiger partial charge in [-0.3, -0.25) is 4.79 Å². The van der Waals surface area contributed by atoms with E-state index in [0.717, 1.165) is 19.4 Å². The van der Waals surface area contributed by atoms with Crippen LogP contribution in [0.2, 0.25) is 0 Å². The van der Waals surface area contributed by atoms with Gasteiger partial charge in [0.15, 0.2) is 0 Å². The highest BCUT2D eigenvalue weighted by Gasteiger charge is 2.16. The average Bonchev–Trinajstić information content (AvgIpc) is 2.34. The molecule has 88 valence electrons. The molecule has 0 fully saturated rings. The number of ether oxygens (including phenoxy) is 1. The van der Waals surface area contributed by atoms with Crippen molar-refractivity contribution >= 4 is 5.91 Å². The Kier molecular flexibility index (Phi) is 4.76. The van der Waals surface area contributed by atoms with E-state index in [1.165, 1.54) is 7.11 Å². The maximum Gasteiger partial charge on any atom is 0.259 e. The summed E-state index contributed by atoms with van der Waals surface area (Å²) >= 11 is 0. The first-order valence-electron chi connectivity index (χ1n) is 5.45. The van der Waals surface area contributed by atoms with Crippen molar-refractivity contribution in [3.8, 4) is 5.88 Å².